The third-order valence-corrected chi connectivity index (χ3v) is 13.8. The van der Waals surface area contributed by atoms with Crippen LogP contribution in [-0.4, -0.2) is 5.25 Å². The molecule has 1 aliphatic heterocycles. The van der Waals surface area contributed by atoms with E-state index < -0.39 is 0 Å². The lowest BCUT2D eigenvalue weighted by atomic mass is 9.82. The maximum atomic E-state index is 2.42. The molecule has 272 valence electrons. The van der Waals surface area contributed by atoms with Crippen molar-refractivity contribution in [1.82, 2.24) is 0 Å². The van der Waals surface area contributed by atoms with Gasteiger partial charge in [-0.3, -0.25) is 0 Å². The van der Waals surface area contributed by atoms with E-state index >= 15 is 0 Å². The number of hydrogen-bond acceptors (Lipinski definition) is 2. The average Bonchev–Trinajstić information content (AvgIpc) is 3.76. The highest BCUT2D eigenvalue weighted by Gasteiger charge is 2.36. The number of anilines is 3. The van der Waals surface area contributed by atoms with Gasteiger partial charge < -0.3 is 4.90 Å². The van der Waals surface area contributed by atoms with Gasteiger partial charge in [0, 0.05) is 44.1 Å². The zero-order valence-corrected chi connectivity index (χ0v) is 32.9. The van der Waals surface area contributed by atoms with Crippen molar-refractivity contribution in [2.24, 2.45) is 0 Å². The summed E-state index contributed by atoms with van der Waals surface area (Å²) in [6, 6.07) is 65.3. The minimum absolute atomic E-state index is 0.0948. The highest BCUT2D eigenvalue weighted by atomic mass is 32.2. The third kappa shape index (κ3) is 5.62. The molecule has 0 spiro atoms. The maximum absolute atomic E-state index is 2.42. The van der Waals surface area contributed by atoms with Gasteiger partial charge in [0.15, 0.2) is 0 Å². The van der Waals surface area contributed by atoms with Gasteiger partial charge in [0.05, 0.1) is 0 Å². The lowest BCUT2D eigenvalue weighted by Crippen LogP contribution is -2.16. The van der Waals surface area contributed by atoms with Crippen molar-refractivity contribution in [3.63, 3.8) is 0 Å². The van der Waals surface area contributed by atoms with Crippen LogP contribution in [0.1, 0.15) is 36.5 Å². The second-order valence-electron chi connectivity index (χ2n) is 16.0. The summed E-state index contributed by atoms with van der Waals surface area (Å²) in [5.41, 5.74) is 17.7. The predicted molar refractivity (Wildman–Crippen MR) is 243 cm³/mol. The molecular formula is C55H41NS. The molecule has 1 heterocycles. The number of benzene rings is 8. The molecular weight excluding hydrogens is 707 g/mol. The van der Waals surface area contributed by atoms with E-state index in [1.165, 1.54) is 76.9 Å². The lowest BCUT2D eigenvalue weighted by molar-refractivity contribution is 0.660. The Hall–Kier alpha value is -6.35. The van der Waals surface area contributed by atoms with Crippen LogP contribution in [0.3, 0.4) is 0 Å². The van der Waals surface area contributed by atoms with Crippen LogP contribution in [0.25, 0.3) is 55.3 Å². The molecule has 0 saturated heterocycles. The van der Waals surface area contributed by atoms with E-state index in [2.05, 4.69) is 219 Å². The zero-order valence-electron chi connectivity index (χ0n) is 32.1. The number of nitrogens with zero attached hydrogens (tertiary/aromatic N) is 1. The van der Waals surface area contributed by atoms with E-state index in [0.717, 1.165) is 17.1 Å². The van der Waals surface area contributed by atoms with Crippen molar-refractivity contribution in [1.29, 1.82) is 0 Å². The number of fused-ring (bicyclic) bond motifs is 7. The highest BCUT2D eigenvalue weighted by Crippen LogP contribution is 2.55. The summed E-state index contributed by atoms with van der Waals surface area (Å²) in [5.74, 6) is 0.401. The molecule has 0 fully saturated rings. The molecule has 0 bridgehead atoms. The molecule has 0 amide bonds. The van der Waals surface area contributed by atoms with Gasteiger partial charge >= 0.3 is 0 Å². The summed E-state index contributed by atoms with van der Waals surface area (Å²) in [5, 5.41) is 2.96. The van der Waals surface area contributed by atoms with E-state index in [-0.39, 0.29) is 5.41 Å². The van der Waals surface area contributed by atoms with Crippen LogP contribution in [0.2, 0.25) is 0 Å². The standard InChI is InChI=1S/C55H41NS/c1-55(2)50-18-10-8-16-46(50)47-31-30-44(35-51(47)55)56(42-26-22-38(23-27-42)36-12-4-3-5-13-36)43-28-24-39(25-29-43)45-32-33-49-48-17-9-11-19-52(48)57-54(49)53(45)41-21-20-37-14-6-7-15-40(37)34-41/h3-35,48,52H,1-2H3. The van der Waals surface area contributed by atoms with Crippen LogP contribution in [0.5, 0.6) is 0 Å². The zero-order chi connectivity index (χ0) is 38.1. The predicted octanol–water partition coefficient (Wildman–Crippen LogP) is 15.3. The number of allylic oxidation sites excluding steroid dienone is 3. The van der Waals surface area contributed by atoms with Crippen LogP contribution in [0.15, 0.2) is 205 Å². The van der Waals surface area contributed by atoms with E-state index in [0.29, 0.717) is 11.2 Å². The Labute approximate surface area is 339 Å². The summed E-state index contributed by atoms with van der Waals surface area (Å²) < 4.78 is 0. The second-order valence-corrected chi connectivity index (χ2v) is 17.2. The van der Waals surface area contributed by atoms with Crippen LogP contribution < -0.4 is 4.90 Å². The van der Waals surface area contributed by atoms with Gasteiger partial charge in [-0.25, -0.2) is 0 Å². The van der Waals surface area contributed by atoms with Crippen molar-refractivity contribution in [2.75, 3.05) is 4.90 Å². The Morgan fingerprint density at radius 2 is 1.07 bits per heavy atom. The van der Waals surface area contributed by atoms with Gasteiger partial charge in [-0.1, -0.05) is 172 Å². The highest BCUT2D eigenvalue weighted by molar-refractivity contribution is 8.00. The summed E-state index contributed by atoms with van der Waals surface area (Å²) in [6.07, 6.45) is 9.16. The van der Waals surface area contributed by atoms with Gasteiger partial charge in [-0.15, -0.1) is 11.8 Å². The van der Waals surface area contributed by atoms with Crippen molar-refractivity contribution in [2.45, 2.75) is 35.3 Å². The van der Waals surface area contributed by atoms with Crippen LogP contribution >= 0.6 is 11.8 Å². The van der Waals surface area contributed by atoms with Crippen molar-refractivity contribution in [3.05, 3.63) is 217 Å². The lowest BCUT2D eigenvalue weighted by Gasteiger charge is -2.28. The first-order valence-corrected chi connectivity index (χ1v) is 20.9. The fourth-order valence-corrected chi connectivity index (χ4v) is 11.0. The molecule has 3 aliphatic rings. The Balaban J connectivity index is 1.04. The van der Waals surface area contributed by atoms with Crippen LogP contribution in [0.4, 0.5) is 17.1 Å². The third-order valence-electron chi connectivity index (χ3n) is 12.4. The van der Waals surface area contributed by atoms with E-state index in [1.807, 2.05) is 11.8 Å². The largest absolute Gasteiger partial charge is 0.310 e. The normalized spacial score (nSPS) is 16.9. The number of rotatable bonds is 6. The fraction of sp³-hybridized carbons (Fsp3) is 0.0909. The smallest absolute Gasteiger partial charge is 0.0465 e. The van der Waals surface area contributed by atoms with Gasteiger partial charge in [0.25, 0.3) is 0 Å². The quantitative estimate of drug-likeness (QED) is 0.167. The molecule has 0 N–H and O–H groups in total. The fourth-order valence-electron chi connectivity index (χ4n) is 9.48. The molecule has 2 aliphatic carbocycles. The molecule has 8 aromatic rings. The summed E-state index contributed by atoms with van der Waals surface area (Å²) >= 11 is 2.02. The Kier molecular flexibility index (Phi) is 7.98. The molecule has 0 radical (unpaired) electrons. The first-order valence-electron chi connectivity index (χ1n) is 20.0. The molecule has 0 aromatic heterocycles. The summed E-state index contributed by atoms with van der Waals surface area (Å²) in [4.78, 5) is 3.82. The molecule has 11 rings (SSSR count). The van der Waals surface area contributed by atoms with E-state index in [4.69, 9.17) is 0 Å². The van der Waals surface area contributed by atoms with Gasteiger partial charge in [0.2, 0.25) is 0 Å². The van der Waals surface area contributed by atoms with Crippen LogP contribution in [-0.2, 0) is 5.41 Å². The van der Waals surface area contributed by atoms with Gasteiger partial charge in [0.1, 0.15) is 0 Å². The molecule has 57 heavy (non-hydrogen) atoms. The molecule has 2 unspecified atom stereocenters. The Morgan fingerprint density at radius 1 is 0.456 bits per heavy atom. The van der Waals surface area contributed by atoms with E-state index in [1.54, 1.807) is 0 Å². The molecule has 1 nitrogen and oxygen atoms in total. The van der Waals surface area contributed by atoms with Crippen molar-refractivity contribution < 1.29 is 0 Å². The minimum Gasteiger partial charge on any atom is -0.310 e. The van der Waals surface area contributed by atoms with Gasteiger partial charge in [-0.05, 0) is 109 Å². The molecule has 2 heteroatoms. The topological polar surface area (TPSA) is 3.24 Å². The molecule has 2 atom stereocenters. The van der Waals surface area contributed by atoms with Gasteiger partial charge in [-0.2, -0.15) is 0 Å². The Bertz CT molecular complexity index is 2900. The number of thioether (sulfide) groups is 1. The minimum atomic E-state index is -0.0948. The Morgan fingerprint density at radius 3 is 1.88 bits per heavy atom. The monoisotopic (exact) mass is 747 g/mol. The number of hydrogen-bond donors (Lipinski definition) is 0. The first-order chi connectivity index (χ1) is 28.0. The average molecular weight is 748 g/mol. The molecule has 0 saturated carbocycles. The molecule has 8 aromatic carbocycles. The second kappa shape index (κ2) is 13.4. The SMILES string of the molecule is CC1(C)c2ccccc2-c2ccc(N(c3ccc(-c4ccccc4)cc3)c3ccc(-c4ccc5c(c4-c4ccc6ccccc6c4)SC4C=CC=CC54)cc3)cc21. The summed E-state index contributed by atoms with van der Waals surface area (Å²) in [6.45, 7) is 4.72. The summed E-state index contributed by atoms with van der Waals surface area (Å²) in [7, 11) is 0. The van der Waals surface area contributed by atoms with Crippen molar-refractivity contribution in [3.8, 4) is 44.5 Å². The van der Waals surface area contributed by atoms with Crippen LogP contribution in [0, 0.1) is 0 Å². The first kappa shape index (κ1) is 33.9. The van der Waals surface area contributed by atoms with Crippen molar-refractivity contribution >= 4 is 39.6 Å². The van der Waals surface area contributed by atoms with E-state index in [9.17, 15) is 0 Å². The maximum Gasteiger partial charge on any atom is 0.0465 e.